The summed E-state index contributed by atoms with van der Waals surface area (Å²) in [7, 11) is 1.47. The highest BCUT2D eigenvalue weighted by atomic mass is 16.4. The van der Waals surface area contributed by atoms with Crippen LogP contribution in [0, 0.1) is 0 Å². The zero-order chi connectivity index (χ0) is 16.3. The predicted octanol–water partition coefficient (Wildman–Crippen LogP) is 1.35. The van der Waals surface area contributed by atoms with Crippen molar-refractivity contribution in [1.82, 2.24) is 9.80 Å². The molecule has 6 heteroatoms. The van der Waals surface area contributed by atoms with Gasteiger partial charge in [0.05, 0.1) is 0 Å². The lowest BCUT2D eigenvalue weighted by Crippen LogP contribution is -2.40. The average molecular weight is 304 g/mol. The van der Waals surface area contributed by atoms with Gasteiger partial charge in [0.2, 0.25) is 5.91 Å². The summed E-state index contributed by atoms with van der Waals surface area (Å²) in [5, 5.41) is 8.98. The summed E-state index contributed by atoms with van der Waals surface area (Å²) < 4.78 is 0. The van der Waals surface area contributed by atoms with Crippen molar-refractivity contribution in [3.05, 3.63) is 35.4 Å². The number of carbonyl (C=O) groups is 3. The van der Waals surface area contributed by atoms with Crippen LogP contribution in [-0.4, -0.2) is 52.3 Å². The van der Waals surface area contributed by atoms with Gasteiger partial charge in [0.25, 0.3) is 5.91 Å². The van der Waals surface area contributed by atoms with E-state index in [9.17, 15) is 14.4 Å². The van der Waals surface area contributed by atoms with Crippen molar-refractivity contribution in [2.45, 2.75) is 32.4 Å². The third-order valence-corrected chi connectivity index (χ3v) is 3.98. The molecule has 1 N–H and O–H groups in total. The van der Waals surface area contributed by atoms with E-state index in [4.69, 9.17) is 5.11 Å². The SMILES string of the molecule is CC(C(=O)O)N(C)C(=O)c1cccc(CN2CCCC2=O)c1. The second-order valence-corrected chi connectivity index (χ2v) is 5.55. The first-order chi connectivity index (χ1) is 10.4. The van der Waals surface area contributed by atoms with E-state index in [2.05, 4.69) is 0 Å². The van der Waals surface area contributed by atoms with Gasteiger partial charge in [0, 0.05) is 32.1 Å². The van der Waals surface area contributed by atoms with Gasteiger partial charge >= 0.3 is 5.97 Å². The van der Waals surface area contributed by atoms with E-state index in [1.54, 1.807) is 23.1 Å². The molecule has 1 unspecified atom stereocenters. The van der Waals surface area contributed by atoms with Crippen LogP contribution in [0.15, 0.2) is 24.3 Å². The van der Waals surface area contributed by atoms with Crippen LogP contribution in [0.4, 0.5) is 0 Å². The van der Waals surface area contributed by atoms with E-state index in [0.29, 0.717) is 18.5 Å². The van der Waals surface area contributed by atoms with Crippen molar-refractivity contribution in [3.63, 3.8) is 0 Å². The molecule has 2 amide bonds. The Bertz CT molecular complexity index is 600. The van der Waals surface area contributed by atoms with Crippen LogP contribution in [0.3, 0.4) is 0 Å². The molecule has 0 aromatic heterocycles. The van der Waals surface area contributed by atoms with Gasteiger partial charge in [0.15, 0.2) is 0 Å². The lowest BCUT2D eigenvalue weighted by molar-refractivity contribution is -0.141. The molecule has 1 aliphatic rings. The first-order valence-corrected chi connectivity index (χ1v) is 7.27. The molecule has 0 saturated carbocycles. The molecule has 118 valence electrons. The Hall–Kier alpha value is -2.37. The minimum atomic E-state index is -1.05. The fourth-order valence-electron chi connectivity index (χ4n) is 2.44. The van der Waals surface area contributed by atoms with Crippen molar-refractivity contribution in [2.75, 3.05) is 13.6 Å². The summed E-state index contributed by atoms with van der Waals surface area (Å²) in [6.07, 6.45) is 1.45. The smallest absolute Gasteiger partial charge is 0.326 e. The number of rotatable bonds is 5. The molecular weight excluding hydrogens is 284 g/mol. The Kier molecular flexibility index (Phi) is 4.80. The predicted molar refractivity (Wildman–Crippen MR) is 80.3 cm³/mol. The van der Waals surface area contributed by atoms with E-state index in [-0.39, 0.29) is 11.8 Å². The molecular formula is C16H20N2O4. The van der Waals surface area contributed by atoms with Crippen molar-refractivity contribution in [3.8, 4) is 0 Å². The maximum absolute atomic E-state index is 12.3. The minimum absolute atomic E-state index is 0.133. The van der Waals surface area contributed by atoms with Crippen LogP contribution >= 0.6 is 0 Å². The van der Waals surface area contributed by atoms with Gasteiger partial charge in [-0.25, -0.2) is 4.79 Å². The Morgan fingerprint density at radius 2 is 2.14 bits per heavy atom. The molecule has 0 radical (unpaired) electrons. The number of aliphatic carboxylic acids is 1. The molecule has 0 spiro atoms. The molecule has 1 fully saturated rings. The number of amides is 2. The number of carboxylic acid groups (broad SMARTS) is 1. The number of hydrogen-bond donors (Lipinski definition) is 1. The molecule has 0 aliphatic carbocycles. The third kappa shape index (κ3) is 3.44. The largest absolute Gasteiger partial charge is 0.480 e. The Morgan fingerprint density at radius 3 is 2.73 bits per heavy atom. The third-order valence-electron chi connectivity index (χ3n) is 3.98. The van der Waals surface area contributed by atoms with Gasteiger partial charge in [-0.3, -0.25) is 9.59 Å². The Morgan fingerprint density at radius 1 is 1.41 bits per heavy atom. The lowest BCUT2D eigenvalue weighted by atomic mass is 10.1. The quantitative estimate of drug-likeness (QED) is 0.891. The number of likely N-dealkylation sites (N-methyl/N-ethyl adjacent to an activating group) is 1. The summed E-state index contributed by atoms with van der Waals surface area (Å²) in [6.45, 7) is 2.69. The van der Waals surface area contributed by atoms with E-state index in [0.717, 1.165) is 18.5 Å². The second-order valence-electron chi connectivity index (χ2n) is 5.55. The summed E-state index contributed by atoms with van der Waals surface area (Å²) in [4.78, 5) is 37.9. The molecule has 1 heterocycles. The number of benzene rings is 1. The lowest BCUT2D eigenvalue weighted by Gasteiger charge is -2.22. The monoisotopic (exact) mass is 304 g/mol. The molecule has 1 atom stereocenters. The van der Waals surface area contributed by atoms with Crippen LogP contribution in [0.2, 0.25) is 0 Å². The van der Waals surface area contributed by atoms with Crippen LogP contribution in [0.1, 0.15) is 35.7 Å². The minimum Gasteiger partial charge on any atom is -0.480 e. The van der Waals surface area contributed by atoms with Crippen LogP contribution < -0.4 is 0 Å². The van der Waals surface area contributed by atoms with Gasteiger partial charge < -0.3 is 14.9 Å². The molecule has 1 aromatic rings. The van der Waals surface area contributed by atoms with Crippen molar-refractivity contribution in [1.29, 1.82) is 0 Å². The molecule has 1 saturated heterocycles. The summed E-state index contributed by atoms with van der Waals surface area (Å²) in [5.41, 5.74) is 1.30. The normalized spacial score (nSPS) is 15.7. The van der Waals surface area contributed by atoms with Crippen LogP contribution in [-0.2, 0) is 16.1 Å². The molecule has 6 nitrogen and oxygen atoms in total. The fourth-order valence-corrected chi connectivity index (χ4v) is 2.44. The highest BCUT2D eigenvalue weighted by Crippen LogP contribution is 2.16. The van der Waals surface area contributed by atoms with E-state index < -0.39 is 12.0 Å². The second kappa shape index (κ2) is 6.60. The van der Waals surface area contributed by atoms with Gasteiger partial charge in [-0.1, -0.05) is 12.1 Å². The van der Waals surface area contributed by atoms with Gasteiger partial charge in [-0.15, -0.1) is 0 Å². The summed E-state index contributed by atoms with van der Waals surface area (Å²) >= 11 is 0. The van der Waals surface area contributed by atoms with E-state index in [1.807, 2.05) is 6.07 Å². The fraction of sp³-hybridized carbons (Fsp3) is 0.438. The summed E-state index contributed by atoms with van der Waals surface area (Å²) in [6, 6.07) is 6.10. The summed E-state index contributed by atoms with van der Waals surface area (Å²) in [5.74, 6) is -1.26. The maximum Gasteiger partial charge on any atom is 0.326 e. The molecule has 0 bridgehead atoms. The first-order valence-electron chi connectivity index (χ1n) is 7.27. The van der Waals surface area contributed by atoms with Gasteiger partial charge in [0.1, 0.15) is 6.04 Å². The molecule has 22 heavy (non-hydrogen) atoms. The van der Waals surface area contributed by atoms with Crippen LogP contribution in [0.25, 0.3) is 0 Å². The van der Waals surface area contributed by atoms with Crippen molar-refractivity contribution >= 4 is 17.8 Å². The van der Waals surface area contributed by atoms with E-state index >= 15 is 0 Å². The van der Waals surface area contributed by atoms with E-state index in [1.165, 1.54) is 18.9 Å². The zero-order valence-corrected chi connectivity index (χ0v) is 12.8. The number of nitrogens with zero attached hydrogens (tertiary/aromatic N) is 2. The highest BCUT2D eigenvalue weighted by molar-refractivity contribution is 5.96. The first kappa shape index (κ1) is 16.0. The number of carbonyl (C=O) groups excluding carboxylic acids is 2. The number of likely N-dealkylation sites (tertiary alicyclic amines) is 1. The standard InChI is InChI=1S/C16H20N2O4/c1-11(16(21)22)17(2)15(20)13-6-3-5-12(9-13)10-18-8-4-7-14(18)19/h3,5-6,9,11H,4,7-8,10H2,1-2H3,(H,21,22). The highest BCUT2D eigenvalue weighted by Gasteiger charge is 2.24. The van der Waals surface area contributed by atoms with Gasteiger partial charge in [-0.05, 0) is 31.0 Å². The zero-order valence-electron chi connectivity index (χ0n) is 12.8. The van der Waals surface area contributed by atoms with Gasteiger partial charge in [-0.2, -0.15) is 0 Å². The number of carboxylic acids is 1. The molecule has 1 aromatic carbocycles. The number of hydrogen-bond acceptors (Lipinski definition) is 3. The maximum atomic E-state index is 12.3. The van der Waals surface area contributed by atoms with Crippen molar-refractivity contribution in [2.24, 2.45) is 0 Å². The average Bonchev–Trinajstić information content (AvgIpc) is 2.90. The Balaban J connectivity index is 2.12. The molecule has 1 aliphatic heterocycles. The van der Waals surface area contributed by atoms with Crippen molar-refractivity contribution < 1.29 is 19.5 Å². The van der Waals surface area contributed by atoms with Crippen LogP contribution in [0.5, 0.6) is 0 Å². The Labute approximate surface area is 129 Å². The topological polar surface area (TPSA) is 77.9 Å². The molecule has 2 rings (SSSR count).